The molecule has 0 aliphatic carbocycles. The standard InChI is InChI=1S/C30H25Br2N3O4S/c1-4-39-27-19(13-20(31)16-23(27)32)15-24-29(37)35-26(18-9-8-12-22(14-18)38-3)25(17(2)33-30(35)40-24)28(36)34-21-10-6-5-7-11-21/h5-16,26H,4H2,1-3H3,(H,34,36)/b24-15-/t26-/m1/s1. The highest BCUT2D eigenvalue weighted by atomic mass is 79.9. The number of allylic oxidation sites excluding steroid dienone is 1. The zero-order valence-corrected chi connectivity index (χ0v) is 25.9. The Labute approximate surface area is 251 Å². The quantitative estimate of drug-likeness (QED) is 0.267. The number of para-hydroxylation sites is 1. The number of halogens is 2. The summed E-state index contributed by atoms with van der Waals surface area (Å²) in [5.74, 6) is 0.932. The van der Waals surface area contributed by atoms with Gasteiger partial charge in [-0.1, -0.05) is 57.6 Å². The second-order valence-electron chi connectivity index (χ2n) is 8.92. The molecule has 0 saturated carbocycles. The van der Waals surface area contributed by atoms with E-state index >= 15 is 0 Å². The maximum absolute atomic E-state index is 14.1. The molecule has 5 rings (SSSR count). The van der Waals surface area contributed by atoms with Crippen molar-refractivity contribution in [3.8, 4) is 11.5 Å². The van der Waals surface area contributed by atoms with Gasteiger partial charge in [0.15, 0.2) is 4.80 Å². The fraction of sp³-hybridized carbons (Fsp3) is 0.167. The summed E-state index contributed by atoms with van der Waals surface area (Å²) in [5.41, 5.74) is 2.79. The second-order valence-corrected chi connectivity index (χ2v) is 11.7. The maximum atomic E-state index is 14.1. The van der Waals surface area contributed by atoms with E-state index in [1.165, 1.54) is 11.3 Å². The SMILES string of the molecule is CCOc1c(Br)cc(Br)cc1/C=c1\sc2n(c1=O)[C@H](c1cccc(OC)c1)C(C(=O)Nc1ccccc1)=C(C)N=2. The summed E-state index contributed by atoms with van der Waals surface area (Å²) in [6.45, 7) is 4.17. The number of anilines is 1. The van der Waals surface area contributed by atoms with Gasteiger partial charge in [0, 0.05) is 15.7 Å². The van der Waals surface area contributed by atoms with Gasteiger partial charge >= 0.3 is 0 Å². The van der Waals surface area contributed by atoms with Crippen molar-refractivity contribution in [2.45, 2.75) is 19.9 Å². The lowest BCUT2D eigenvalue weighted by atomic mass is 9.95. The average molecular weight is 683 g/mol. The molecule has 1 amide bonds. The van der Waals surface area contributed by atoms with Crippen molar-refractivity contribution in [1.29, 1.82) is 0 Å². The zero-order valence-electron chi connectivity index (χ0n) is 21.9. The summed E-state index contributed by atoms with van der Waals surface area (Å²) in [5, 5.41) is 2.97. The van der Waals surface area contributed by atoms with Crippen molar-refractivity contribution < 1.29 is 14.3 Å². The summed E-state index contributed by atoms with van der Waals surface area (Å²) < 4.78 is 15.0. The molecule has 1 aromatic heterocycles. The van der Waals surface area contributed by atoms with Crippen molar-refractivity contribution in [1.82, 2.24) is 4.57 Å². The van der Waals surface area contributed by atoms with Crippen molar-refractivity contribution in [3.05, 3.63) is 118 Å². The van der Waals surface area contributed by atoms with E-state index in [9.17, 15) is 9.59 Å². The molecule has 2 heterocycles. The molecule has 0 saturated heterocycles. The molecule has 204 valence electrons. The number of nitrogens with zero attached hydrogens (tertiary/aromatic N) is 2. The number of nitrogens with one attached hydrogen (secondary N) is 1. The first-order valence-corrected chi connectivity index (χ1v) is 14.9. The van der Waals surface area contributed by atoms with Crippen molar-refractivity contribution >= 4 is 60.9 Å². The van der Waals surface area contributed by atoms with Crippen LogP contribution in [0.4, 0.5) is 5.69 Å². The first kappa shape index (κ1) is 28.1. The molecule has 3 aromatic carbocycles. The Morgan fingerprint density at radius 2 is 1.90 bits per heavy atom. The lowest BCUT2D eigenvalue weighted by molar-refractivity contribution is -0.113. The number of ether oxygens (including phenoxy) is 2. The molecule has 7 nitrogen and oxygen atoms in total. The van der Waals surface area contributed by atoms with Crippen molar-refractivity contribution in [2.75, 3.05) is 19.0 Å². The Morgan fingerprint density at radius 3 is 2.62 bits per heavy atom. The Kier molecular flexibility index (Phi) is 8.39. The highest BCUT2D eigenvalue weighted by molar-refractivity contribution is 9.11. The molecule has 0 fully saturated rings. The molecule has 1 aliphatic rings. The lowest BCUT2D eigenvalue weighted by Crippen LogP contribution is -2.40. The maximum Gasteiger partial charge on any atom is 0.271 e. The second kappa shape index (κ2) is 12.0. The number of thiazole rings is 1. The van der Waals surface area contributed by atoms with Crippen LogP contribution in [0.3, 0.4) is 0 Å². The number of fused-ring (bicyclic) bond motifs is 1. The average Bonchev–Trinajstić information content (AvgIpc) is 3.24. The van der Waals surface area contributed by atoms with E-state index in [2.05, 4.69) is 37.2 Å². The molecule has 1 aliphatic heterocycles. The highest BCUT2D eigenvalue weighted by Gasteiger charge is 2.33. The Balaban J connectivity index is 1.71. The smallest absolute Gasteiger partial charge is 0.271 e. The minimum Gasteiger partial charge on any atom is -0.497 e. The van der Waals surface area contributed by atoms with Crippen LogP contribution in [0.5, 0.6) is 11.5 Å². The van der Waals surface area contributed by atoms with Gasteiger partial charge in [0.25, 0.3) is 11.5 Å². The fourth-order valence-corrected chi connectivity index (χ4v) is 6.99. The third-order valence-electron chi connectivity index (χ3n) is 6.32. The molecule has 4 aromatic rings. The van der Waals surface area contributed by atoms with E-state index in [4.69, 9.17) is 14.5 Å². The number of carbonyl (C=O) groups is 1. The molecular weight excluding hydrogens is 658 g/mol. The highest BCUT2D eigenvalue weighted by Crippen LogP contribution is 2.34. The van der Waals surface area contributed by atoms with Crippen LogP contribution in [0, 0.1) is 0 Å². The van der Waals surface area contributed by atoms with Gasteiger partial charge in [-0.05, 0) is 77.8 Å². The molecular formula is C30H25Br2N3O4S. The van der Waals surface area contributed by atoms with Gasteiger partial charge in [0.2, 0.25) is 0 Å². The molecule has 1 atom stereocenters. The molecule has 0 unspecified atom stereocenters. The third-order valence-corrected chi connectivity index (χ3v) is 8.35. The van der Waals surface area contributed by atoms with Crippen molar-refractivity contribution in [3.63, 3.8) is 0 Å². The number of benzene rings is 3. The molecule has 40 heavy (non-hydrogen) atoms. The van der Waals surface area contributed by atoms with Crippen LogP contribution in [0.2, 0.25) is 0 Å². The van der Waals surface area contributed by atoms with Gasteiger partial charge in [-0.3, -0.25) is 14.2 Å². The number of aromatic nitrogens is 1. The van der Waals surface area contributed by atoms with Crippen LogP contribution < -0.4 is 29.7 Å². The molecule has 10 heteroatoms. The van der Waals surface area contributed by atoms with E-state index in [-0.39, 0.29) is 11.5 Å². The third kappa shape index (κ3) is 5.56. The number of rotatable bonds is 7. The summed E-state index contributed by atoms with van der Waals surface area (Å²) >= 11 is 8.37. The Bertz CT molecular complexity index is 1810. The first-order chi connectivity index (χ1) is 19.3. The van der Waals surface area contributed by atoms with E-state index < -0.39 is 6.04 Å². The Morgan fingerprint density at radius 1 is 1.12 bits per heavy atom. The summed E-state index contributed by atoms with van der Waals surface area (Å²) in [7, 11) is 1.58. The number of carbonyl (C=O) groups excluding carboxylic acids is 1. The number of hydrogen-bond donors (Lipinski definition) is 1. The number of amides is 1. The van der Waals surface area contributed by atoms with Gasteiger partial charge in [-0.25, -0.2) is 4.99 Å². The largest absolute Gasteiger partial charge is 0.497 e. The van der Waals surface area contributed by atoms with Gasteiger partial charge in [-0.15, -0.1) is 0 Å². The fourth-order valence-electron chi connectivity index (χ4n) is 4.58. The van der Waals surface area contributed by atoms with Gasteiger partial charge in [0.1, 0.15) is 11.5 Å². The van der Waals surface area contributed by atoms with E-state index in [0.29, 0.717) is 44.4 Å². The van der Waals surface area contributed by atoms with Crippen LogP contribution in [0.1, 0.15) is 31.0 Å². The van der Waals surface area contributed by atoms with Crippen molar-refractivity contribution in [2.24, 2.45) is 4.99 Å². The van der Waals surface area contributed by atoms with Crippen LogP contribution in [0.25, 0.3) is 6.08 Å². The number of methoxy groups -OCH3 is 1. The topological polar surface area (TPSA) is 81.9 Å². The van der Waals surface area contributed by atoms with E-state index in [0.717, 1.165) is 20.1 Å². The minimum atomic E-state index is -0.710. The van der Waals surface area contributed by atoms with E-state index in [1.807, 2.05) is 73.7 Å². The lowest BCUT2D eigenvalue weighted by Gasteiger charge is -2.25. The summed E-state index contributed by atoms with van der Waals surface area (Å²) in [6.07, 6.45) is 1.80. The molecule has 0 radical (unpaired) electrons. The zero-order chi connectivity index (χ0) is 28.4. The molecule has 0 bridgehead atoms. The van der Waals surface area contributed by atoms with E-state index in [1.54, 1.807) is 24.7 Å². The minimum absolute atomic E-state index is 0.257. The normalized spacial score (nSPS) is 14.9. The predicted octanol–water partition coefficient (Wildman–Crippen LogP) is 5.81. The Hall–Kier alpha value is -3.47. The van der Waals surface area contributed by atoms with Gasteiger partial charge in [0.05, 0.1) is 40.0 Å². The molecule has 1 N–H and O–H groups in total. The van der Waals surface area contributed by atoms with Crippen LogP contribution in [-0.2, 0) is 4.79 Å². The number of hydrogen-bond acceptors (Lipinski definition) is 6. The van der Waals surface area contributed by atoms with Crippen LogP contribution in [0.15, 0.2) is 96.7 Å². The molecule has 0 spiro atoms. The monoisotopic (exact) mass is 681 g/mol. The van der Waals surface area contributed by atoms with Crippen LogP contribution >= 0.6 is 43.2 Å². The van der Waals surface area contributed by atoms with Gasteiger partial charge < -0.3 is 14.8 Å². The van der Waals surface area contributed by atoms with Crippen LogP contribution in [-0.4, -0.2) is 24.2 Å². The van der Waals surface area contributed by atoms with Gasteiger partial charge in [-0.2, -0.15) is 0 Å². The predicted molar refractivity (Wildman–Crippen MR) is 165 cm³/mol. The first-order valence-electron chi connectivity index (χ1n) is 12.5. The summed E-state index contributed by atoms with van der Waals surface area (Å²) in [6, 6.07) is 19.7. The summed E-state index contributed by atoms with van der Waals surface area (Å²) in [4.78, 5) is 33.0.